The molecule has 15 heavy (non-hydrogen) atoms. The van der Waals surface area contributed by atoms with Gasteiger partial charge in [-0.05, 0) is 6.92 Å². The number of rotatable bonds is 2. The van der Waals surface area contributed by atoms with Crippen LogP contribution < -0.4 is 5.32 Å². The lowest BCUT2D eigenvalue weighted by Crippen LogP contribution is -2.13. The van der Waals surface area contributed by atoms with Gasteiger partial charge in [-0.15, -0.1) is 0 Å². The van der Waals surface area contributed by atoms with Gasteiger partial charge in [-0.2, -0.15) is 15.2 Å². The first-order valence-electron chi connectivity index (χ1n) is 4.34. The van der Waals surface area contributed by atoms with Gasteiger partial charge in [0, 0.05) is 13.2 Å². The van der Waals surface area contributed by atoms with Crippen LogP contribution >= 0.6 is 0 Å². The molecule has 0 unspecified atom stereocenters. The van der Waals surface area contributed by atoms with Crippen LogP contribution in [0.2, 0.25) is 0 Å². The fourth-order valence-electron chi connectivity index (χ4n) is 1.26. The SMILES string of the molecule is Cc1nn(C)cc1C(=O)Nc1ncn[nH]1. The average Bonchev–Trinajstić information content (AvgIpc) is 2.75. The Balaban J connectivity index is 2.18. The van der Waals surface area contributed by atoms with Crippen molar-refractivity contribution in [3.05, 3.63) is 23.8 Å². The number of nitrogens with one attached hydrogen (secondary N) is 2. The summed E-state index contributed by atoms with van der Waals surface area (Å²) in [5.74, 6) is 0.0700. The molecular weight excluding hydrogens is 196 g/mol. The first kappa shape index (κ1) is 9.38. The van der Waals surface area contributed by atoms with Gasteiger partial charge in [0.05, 0.1) is 11.3 Å². The molecule has 2 N–H and O–H groups in total. The van der Waals surface area contributed by atoms with Crippen LogP contribution in [-0.4, -0.2) is 30.9 Å². The third-order valence-corrected chi connectivity index (χ3v) is 1.91. The second kappa shape index (κ2) is 3.52. The third kappa shape index (κ3) is 1.85. The van der Waals surface area contributed by atoms with E-state index in [0.29, 0.717) is 17.2 Å². The van der Waals surface area contributed by atoms with Crippen molar-refractivity contribution in [2.45, 2.75) is 6.92 Å². The molecule has 1 amide bonds. The van der Waals surface area contributed by atoms with Gasteiger partial charge in [0.25, 0.3) is 5.91 Å². The number of amides is 1. The number of H-pyrrole nitrogens is 1. The number of aryl methyl sites for hydroxylation is 2. The summed E-state index contributed by atoms with van der Waals surface area (Å²) >= 11 is 0. The highest BCUT2D eigenvalue weighted by atomic mass is 16.1. The molecular formula is C8H10N6O. The van der Waals surface area contributed by atoms with Gasteiger partial charge in [0.15, 0.2) is 0 Å². The smallest absolute Gasteiger partial charge is 0.261 e. The highest BCUT2D eigenvalue weighted by Gasteiger charge is 2.13. The zero-order valence-corrected chi connectivity index (χ0v) is 8.35. The molecule has 2 heterocycles. The maximum atomic E-state index is 11.7. The van der Waals surface area contributed by atoms with Gasteiger partial charge in [-0.25, -0.2) is 5.10 Å². The number of anilines is 1. The molecule has 0 saturated heterocycles. The van der Waals surface area contributed by atoms with Crippen LogP contribution in [0.4, 0.5) is 5.95 Å². The Kier molecular flexibility index (Phi) is 2.20. The summed E-state index contributed by atoms with van der Waals surface area (Å²) in [5.41, 5.74) is 1.20. The average molecular weight is 206 g/mol. The minimum atomic E-state index is -0.252. The molecule has 0 radical (unpaired) electrons. The molecule has 2 aromatic rings. The first-order valence-corrected chi connectivity index (χ1v) is 4.34. The van der Waals surface area contributed by atoms with E-state index in [0.717, 1.165) is 0 Å². The highest BCUT2D eigenvalue weighted by molar-refractivity contribution is 6.03. The van der Waals surface area contributed by atoms with E-state index < -0.39 is 0 Å². The second-order valence-electron chi connectivity index (χ2n) is 3.09. The minimum absolute atomic E-state index is 0.252. The molecule has 0 aliphatic carbocycles. The lowest BCUT2D eigenvalue weighted by Gasteiger charge is -1.98. The molecule has 0 bridgehead atoms. The molecule has 0 atom stereocenters. The van der Waals surface area contributed by atoms with E-state index >= 15 is 0 Å². The van der Waals surface area contributed by atoms with Gasteiger partial charge >= 0.3 is 0 Å². The predicted molar refractivity (Wildman–Crippen MR) is 52.3 cm³/mol. The number of nitrogens with zero attached hydrogens (tertiary/aromatic N) is 4. The third-order valence-electron chi connectivity index (χ3n) is 1.91. The van der Waals surface area contributed by atoms with Crippen molar-refractivity contribution < 1.29 is 4.79 Å². The Morgan fingerprint density at radius 1 is 1.60 bits per heavy atom. The van der Waals surface area contributed by atoms with Crippen molar-refractivity contribution in [2.75, 3.05) is 5.32 Å². The highest BCUT2D eigenvalue weighted by Crippen LogP contribution is 2.06. The number of carbonyl (C=O) groups is 1. The Morgan fingerprint density at radius 3 is 2.93 bits per heavy atom. The zero-order chi connectivity index (χ0) is 10.8. The van der Waals surface area contributed by atoms with E-state index in [-0.39, 0.29) is 5.91 Å². The number of hydrogen-bond donors (Lipinski definition) is 2. The molecule has 2 rings (SSSR count). The Hall–Kier alpha value is -2.18. The van der Waals surface area contributed by atoms with Gasteiger partial charge in [0.2, 0.25) is 5.95 Å². The topological polar surface area (TPSA) is 88.5 Å². The van der Waals surface area contributed by atoms with Crippen molar-refractivity contribution in [3.63, 3.8) is 0 Å². The Morgan fingerprint density at radius 2 is 2.40 bits per heavy atom. The van der Waals surface area contributed by atoms with Crippen molar-refractivity contribution in [1.82, 2.24) is 25.0 Å². The van der Waals surface area contributed by atoms with E-state index in [1.165, 1.54) is 6.33 Å². The first-order chi connectivity index (χ1) is 7.16. The summed E-state index contributed by atoms with van der Waals surface area (Å²) in [7, 11) is 1.76. The summed E-state index contributed by atoms with van der Waals surface area (Å²) in [6.07, 6.45) is 2.98. The van der Waals surface area contributed by atoms with E-state index in [4.69, 9.17) is 0 Å². The molecule has 7 heteroatoms. The summed E-state index contributed by atoms with van der Waals surface area (Å²) in [4.78, 5) is 15.5. The van der Waals surface area contributed by atoms with Gasteiger partial charge < -0.3 is 0 Å². The summed E-state index contributed by atoms with van der Waals surface area (Å²) < 4.78 is 1.59. The van der Waals surface area contributed by atoms with Gasteiger partial charge in [0.1, 0.15) is 6.33 Å². The molecule has 2 aromatic heterocycles. The number of aromatic nitrogens is 5. The lowest BCUT2D eigenvalue weighted by atomic mass is 10.2. The van der Waals surface area contributed by atoms with Crippen molar-refractivity contribution in [3.8, 4) is 0 Å². The van der Waals surface area contributed by atoms with Crippen molar-refractivity contribution in [2.24, 2.45) is 7.05 Å². The van der Waals surface area contributed by atoms with Crippen LogP contribution in [0, 0.1) is 6.92 Å². The minimum Gasteiger partial charge on any atom is -0.291 e. The maximum Gasteiger partial charge on any atom is 0.261 e. The normalized spacial score (nSPS) is 10.3. The molecule has 0 aliphatic rings. The van der Waals surface area contributed by atoms with Crippen LogP contribution in [0.25, 0.3) is 0 Å². The van der Waals surface area contributed by atoms with Crippen LogP contribution in [0.15, 0.2) is 12.5 Å². The molecule has 7 nitrogen and oxygen atoms in total. The standard InChI is InChI=1S/C8H10N6O/c1-5-6(3-14(2)13-5)7(15)11-8-9-4-10-12-8/h3-4H,1-2H3,(H2,9,10,11,12,15). The van der Waals surface area contributed by atoms with E-state index in [2.05, 4.69) is 25.6 Å². The van der Waals surface area contributed by atoms with E-state index in [1.807, 2.05) is 0 Å². The van der Waals surface area contributed by atoms with E-state index in [9.17, 15) is 4.79 Å². The number of hydrogen-bond acceptors (Lipinski definition) is 4. The second-order valence-corrected chi connectivity index (χ2v) is 3.09. The maximum absolute atomic E-state index is 11.7. The van der Waals surface area contributed by atoms with Crippen molar-refractivity contribution in [1.29, 1.82) is 0 Å². The Labute approximate surface area is 85.5 Å². The summed E-state index contributed by atoms with van der Waals surface area (Å²) in [6.45, 7) is 1.77. The van der Waals surface area contributed by atoms with Crippen LogP contribution in [0.3, 0.4) is 0 Å². The predicted octanol–water partition coefficient (Wildman–Crippen LogP) is 0.0989. The molecule has 0 saturated carbocycles. The number of aromatic amines is 1. The largest absolute Gasteiger partial charge is 0.291 e. The molecule has 0 spiro atoms. The van der Waals surface area contributed by atoms with Gasteiger partial charge in [-0.1, -0.05) is 0 Å². The number of carbonyl (C=O) groups excluding carboxylic acids is 1. The van der Waals surface area contributed by atoms with Crippen LogP contribution in [-0.2, 0) is 7.05 Å². The molecule has 0 aliphatic heterocycles. The monoisotopic (exact) mass is 206 g/mol. The zero-order valence-electron chi connectivity index (χ0n) is 8.35. The molecule has 78 valence electrons. The van der Waals surface area contributed by atoms with E-state index in [1.54, 1.807) is 24.9 Å². The molecule has 0 fully saturated rings. The Bertz CT molecular complexity index is 471. The summed E-state index contributed by atoms with van der Waals surface area (Å²) in [6, 6.07) is 0. The summed E-state index contributed by atoms with van der Waals surface area (Å²) in [5, 5.41) is 12.8. The molecule has 0 aromatic carbocycles. The van der Waals surface area contributed by atoms with Crippen LogP contribution in [0.1, 0.15) is 16.1 Å². The quantitative estimate of drug-likeness (QED) is 0.729. The fraction of sp³-hybridized carbons (Fsp3) is 0.250. The lowest BCUT2D eigenvalue weighted by molar-refractivity contribution is 0.102. The van der Waals surface area contributed by atoms with Crippen molar-refractivity contribution >= 4 is 11.9 Å². The van der Waals surface area contributed by atoms with Crippen LogP contribution in [0.5, 0.6) is 0 Å². The fourth-order valence-corrected chi connectivity index (χ4v) is 1.26. The van der Waals surface area contributed by atoms with Gasteiger partial charge in [-0.3, -0.25) is 14.8 Å².